The summed E-state index contributed by atoms with van der Waals surface area (Å²) in [6.07, 6.45) is -0.323. The summed E-state index contributed by atoms with van der Waals surface area (Å²) in [5.41, 5.74) is -0.0190. The SMILES string of the molecule is CCCC(C)(CNCC)CN(CCO)CC(F)F. The van der Waals surface area contributed by atoms with Crippen molar-refractivity contribution >= 4 is 0 Å². The summed E-state index contributed by atoms with van der Waals surface area (Å²) in [5, 5.41) is 12.2. The van der Waals surface area contributed by atoms with Gasteiger partial charge in [-0.2, -0.15) is 0 Å². The van der Waals surface area contributed by atoms with Crippen LogP contribution >= 0.6 is 0 Å². The minimum absolute atomic E-state index is 0.0190. The Balaban J connectivity index is 4.46. The molecule has 0 fully saturated rings. The lowest BCUT2D eigenvalue weighted by molar-refractivity contribution is 0.0520. The third-order valence-corrected chi connectivity index (χ3v) is 3.07. The minimum Gasteiger partial charge on any atom is -0.395 e. The molecule has 110 valence electrons. The van der Waals surface area contributed by atoms with Gasteiger partial charge in [-0.1, -0.05) is 27.2 Å². The molecule has 0 rings (SSSR count). The Kier molecular flexibility index (Phi) is 9.50. The quantitative estimate of drug-likeness (QED) is 0.600. The third-order valence-electron chi connectivity index (χ3n) is 3.07. The molecule has 0 amide bonds. The maximum absolute atomic E-state index is 12.5. The van der Waals surface area contributed by atoms with Crippen LogP contribution in [0.3, 0.4) is 0 Å². The van der Waals surface area contributed by atoms with Gasteiger partial charge in [-0.15, -0.1) is 0 Å². The zero-order valence-electron chi connectivity index (χ0n) is 11.9. The minimum atomic E-state index is -2.35. The molecular formula is C13H28F2N2O. The average Bonchev–Trinajstić information content (AvgIpc) is 2.26. The molecule has 1 unspecified atom stereocenters. The van der Waals surface area contributed by atoms with Crippen molar-refractivity contribution in [1.82, 2.24) is 10.2 Å². The number of alkyl halides is 2. The zero-order chi connectivity index (χ0) is 14.0. The van der Waals surface area contributed by atoms with Crippen LogP contribution < -0.4 is 5.32 Å². The summed E-state index contributed by atoms with van der Waals surface area (Å²) in [4.78, 5) is 1.66. The van der Waals surface area contributed by atoms with Crippen molar-refractivity contribution in [3.8, 4) is 0 Å². The van der Waals surface area contributed by atoms with Gasteiger partial charge in [-0.25, -0.2) is 8.78 Å². The van der Waals surface area contributed by atoms with Gasteiger partial charge in [0.25, 0.3) is 6.43 Å². The Bertz CT molecular complexity index is 205. The Morgan fingerprint density at radius 2 is 2.00 bits per heavy atom. The Morgan fingerprint density at radius 3 is 2.44 bits per heavy atom. The molecule has 0 spiro atoms. The van der Waals surface area contributed by atoms with Gasteiger partial charge in [0.15, 0.2) is 0 Å². The molecule has 0 aliphatic heterocycles. The topological polar surface area (TPSA) is 35.5 Å². The normalized spacial score (nSPS) is 15.3. The van der Waals surface area contributed by atoms with E-state index in [4.69, 9.17) is 5.11 Å². The molecule has 0 aliphatic carbocycles. The van der Waals surface area contributed by atoms with E-state index in [-0.39, 0.29) is 18.6 Å². The van der Waals surface area contributed by atoms with Gasteiger partial charge in [-0.05, 0) is 18.4 Å². The van der Waals surface area contributed by atoms with E-state index in [1.807, 2.05) is 6.92 Å². The predicted molar refractivity (Wildman–Crippen MR) is 71.1 cm³/mol. The van der Waals surface area contributed by atoms with Crippen LogP contribution in [0.4, 0.5) is 8.78 Å². The van der Waals surface area contributed by atoms with Crippen molar-refractivity contribution in [2.45, 2.75) is 40.0 Å². The zero-order valence-corrected chi connectivity index (χ0v) is 11.9. The number of nitrogens with zero attached hydrogens (tertiary/aromatic N) is 1. The van der Waals surface area contributed by atoms with Crippen LogP contribution in [0.25, 0.3) is 0 Å². The molecule has 3 nitrogen and oxygen atoms in total. The summed E-state index contributed by atoms with van der Waals surface area (Å²) in [6, 6.07) is 0. The van der Waals surface area contributed by atoms with Crippen LogP contribution in [0, 0.1) is 5.41 Å². The Hall–Kier alpha value is -0.260. The molecule has 0 radical (unpaired) electrons. The molecule has 18 heavy (non-hydrogen) atoms. The van der Waals surface area contributed by atoms with Crippen molar-refractivity contribution in [2.24, 2.45) is 5.41 Å². The molecule has 0 aromatic heterocycles. The summed E-state index contributed by atoms with van der Waals surface area (Å²) in [5.74, 6) is 0. The first-order chi connectivity index (χ1) is 8.47. The largest absolute Gasteiger partial charge is 0.395 e. The summed E-state index contributed by atoms with van der Waals surface area (Å²) < 4.78 is 25.0. The number of halogens is 2. The standard InChI is InChI=1S/C13H28F2N2O/c1-4-6-13(3,10-16-5-2)11-17(7-8-18)9-12(14)15/h12,16,18H,4-11H2,1-3H3. The van der Waals surface area contributed by atoms with Crippen LogP contribution in [0.2, 0.25) is 0 Å². The molecule has 0 aliphatic rings. The summed E-state index contributed by atoms with van der Waals surface area (Å²) >= 11 is 0. The fraction of sp³-hybridized carbons (Fsp3) is 1.00. The lowest BCUT2D eigenvalue weighted by atomic mass is 9.84. The van der Waals surface area contributed by atoms with Gasteiger partial charge in [0.2, 0.25) is 0 Å². The monoisotopic (exact) mass is 266 g/mol. The van der Waals surface area contributed by atoms with Gasteiger partial charge in [0.05, 0.1) is 13.2 Å². The first kappa shape index (κ1) is 17.7. The molecule has 1 atom stereocenters. The van der Waals surface area contributed by atoms with Crippen LogP contribution in [0.15, 0.2) is 0 Å². The van der Waals surface area contributed by atoms with Gasteiger partial charge in [-0.3, -0.25) is 4.90 Å². The lowest BCUT2D eigenvalue weighted by Crippen LogP contribution is -2.44. The van der Waals surface area contributed by atoms with Crippen molar-refractivity contribution < 1.29 is 13.9 Å². The van der Waals surface area contributed by atoms with Gasteiger partial charge in [0, 0.05) is 19.6 Å². The highest BCUT2D eigenvalue weighted by atomic mass is 19.3. The molecule has 5 heteroatoms. The molecule has 0 bridgehead atoms. The first-order valence-corrected chi connectivity index (χ1v) is 6.79. The van der Waals surface area contributed by atoms with Crippen molar-refractivity contribution in [3.05, 3.63) is 0 Å². The van der Waals surface area contributed by atoms with Crippen LogP contribution in [0.1, 0.15) is 33.6 Å². The second-order valence-corrected chi connectivity index (χ2v) is 5.19. The Morgan fingerprint density at radius 1 is 1.33 bits per heavy atom. The predicted octanol–water partition coefficient (Wildman–Crippen LogP) is 1.96. The van der Waals surface area contributed by atoms with Gasteiger partial charge < -0.3 is 10.4 Å². The second-order valence-electron chi connectivity index (χ2n) is 5.19. The highest BCUT2D eigenvalue weighted by Crippen LogP contribution is 2.24. The van der Waals surface area contributed by atoms with Gasteiger partial charge in [0.1, 0.15) is 0 Å². The number of aliphatic hydroxyl groups is 1. The van der Waals surface area contributed by atoms with E-state index in [2.05, 4.69) is 19.2 Å². The van der Waals surface area contributed by atoms with E-state index in [1.54, 1.807) is 4.90 Å². The van der Waals surface area contributed by atoms with Crippen LogP contribution in [-0.2, 0) is 0 Å². The maximum atomic E-state index is 12.5. The number of nitrogens with one attached hydrogen (secondary N) is 1. The average molecular weight is 266 g/mol. The molecule has 0 aromatic carbocycles. The van der Waals surface area contributed by atoms with Gasteiger partial charge >= 0.3 is 0 Å². The smallest absolute Gasteiger partial charge is 0.251 e. The van der Waals surface area contributed by atoms with E-state index in [0.29, 0.717) is 13.1 Å². The van der Waals surface area contributed by atoms with E-state index in [1.165, 1.54) is 0 Å². The summed E-state index contributed by atoms with van der Waals surface area (Å²) in [6.45, 7) is 8.55. The number of hydrogen-bond donors (Lipinski definition) is 2. The highest BCUT2D eigenvalue weighted by molar-refractivity contribution is 4.81. The second kappa shape index (κ2) is 9.64. The van der Waals surface area contributed by atoms with Crippen LogP contribution in [-0.4, -0.2) is 55.8 Å². The Labute approximate surface area is 110 Å². The number of hydrogen-bond acceptors (Lipinski definition) is 3. The lowest BCUT2D eigenvalue weighted by Gasteiger charge is -2.35. The first-order valence-electron chi connectivity index (χ1n) is 6.79. The molecule has 0 saturated carbocycles. The fourth-order valence-corrected chi connectivity index (χ4v) is 2.37. The summed E-state index contributed by atoms with van der Waals surface area (Å²) in [7, 11) is 0. The van der Waals surface area contributed by atoms with E-state index in [0.717, 1.165) is 25.9 Å². The van der Waals surface area contributed by atoms with Crippen molar-refractivity contribution in [3.63, 3.8) is 0 Å². The van der Waals surface area contributed by atoms with Crippen molar-refractivity contribution in [2.75, 3.05) is 39.3 Å². The number of aliphatic hydroxyl groups excluding tert-OH is 1. The van der Waals surface area contributed by atoms with E-state index < -0.39 is 6.43 Å². The highest BCUT2D eigenvalue weighted by Gasteiger charge is 2.27. The molecule has 0 heterocycles. The number of rotatable bonds is 11. The van der Waals surface area contributed by atoms with Crippen LogP contribution in [0.5, 0.6) is 0 Å². The molecule has 0 saturated heterocycles. The maximum Gasteiger partial charge on any atom is 0.251 e. The van der Waals surface area contributed by atoms with E-state index >= 15 is 0 Å². The van der Waals surface area contributed by atoms with Crippen molar-refractivity contribution in [1.29, 1.82) is 0 Å². The molecule has 0 aromatic rings. The third kappa shape index (κ3) is 7.95. The molecular weight excluding hydrogens is 238 g/mol. The molecule has 2 N–H and O–H groups in total. The fourth-order valence-electron chi connectivity index (χ4n) is 2.37. The van der Waals surface area contributed by atoms with E-state index in [9.17, 15) is 8.78 Å².